The van der Waals surface area contributed by atoms with Gasteiger partial charge in [-0.3, -0.25) is 0 Å². The highest BCUT2D eigenvalue weighted by atomic mass is 15.0. The maximum Gasteiger partial charge on any atom is 0.0345 e. The standard InChI is InChI=1S/C19H30N2/c1-14-10-11-16(13-15(14)2)21-19-9-4-3-7-17(19)18-8-5-6-12-20-18/h10-11,13,17-21H,3-9,12H2,1-2H3. The molecule has 3 atom stereocenters. The van der Waals surface area contributed by atoms with Crippen LogP contribution in [0.5, 0.6) is 0 Å². The van der Waals surface area contributed by atoms with E-state index >= 15 is 0 Å². The van der Waals surface area contributed by atoms with Crippen molar-refractivity contribution in [3.63, 3.8) is 0 Å². The van der Waals surface area contributed by atoms with Crippen LogP contribution in [-0.4, -0.2) is 18.6 Å². The van der Waals surface area contributed by atoms with Crippen molar-refractivity contribution in [2.24, 2.45) is 5.92 Å². The van der Waals surface area contributed by atoms with Gasteiger partial charge in [0.2, 0.25) is 0 Å². The summed E-state index contributed by atoms with van der Waals surface area (Å²) in [5.74, 6) is 0.806. The van der Waals surface area contributed by atoms with Crippen LogP contribution >= 0.6 is 0 Å². The van der Waals surface area contributed by atoms with Crippen molar-refractivity contribution in [1.29, 1.82) is 0 Å². The Labute approximate surface area is 129 Å². The van der Waals surface area contributed by atoms with Gasteiger partial charge in [-0.05, 0) is 75.3 Å². The average Bonchev–Trinajstić information content (AvgIpc) is 2.52. The van der Waals surface area contributed by atoms with Crippen LogP contribution in [0.3, 0.4) is 0 Å². The van der Waals surface area contributed by atoms with Crippen molar-refractivity contribution in [2.75, 3.05) is 11.9 Å². The topological polar surface area (TPSA) is 24.1 Å². The summed E-state index contributed by atoms with van der Waals surface area (Å²) in [6, 6.07) is 8.20. The normalized spacial score (nSPS) is 30.1. The van der Waals surface area contributed by atoms with Crippen molar-refractivity contribution < 1.29 is 0 Å². The maximum atomic E-state index is 3.86. The van der Waals surface area contributed by atoms with Crippen molar-refractivity contribution in [1.82, 2.24) is 5.32 Å². The summed E-state index contributed by atoms with van der Waals surface area (Å²) in [6.07, 6.45) is 9.65. The number of benzene rings is 1. The van der Waals surface area contributed by atoms with E-state index in [1.807, 2.05) is 0 Å². The van der Waals surface area contributed by atoms with Gasteiger partial charge in [0.15, 0.2) is 0 Å². The minimum atomic E-state index is 0.649. The second kappa shape index (κ2) is 6.83. The summed E-state index contributed by atoms with van der Waals surface area (Å²) < 4.78 is 0. The third-order valence-corrected chi connectivity index (χ3v) is 5.54. The number of rotatable bonds is 3. The molecule has 1 aliphatic heterocycles. The van der Waals surface area contributed by atoms with Crippen LogP contribution in [0.25, 0.3) is 0 Å². The van der Waals surface area contributed by atoms with Crippen molar-refractivity contribution in [2.45, 2.75) is 70.9 Å². The third-order valence-electron chi connectivity index (χ3n) is 5.54. The number of hydrogen-bond acceptors (Lipinski definition) is 2. The molecule has 3 unspecified atom stereocenters. The molecule has 2 aliphatic rings. The number of nitrogens with one attached hydrogen (secondary N) is 2. The Bertz CT molecular complexity index is 463. The zero-order valence-corrected chi connectivity index (χ0v) is 13.6. The molecule has 2 nitrogen and oxygen atoms in total. The van der Waals surface area contributed by atoms with Crippen molar-refractivity contribution in [3.05, 3.63) is 29.3 Å². The summed E-state index contributed by atoms with van der Waals surface area (Å²) in [6.45, 7) is 5.62. The van der Waals surface area contributed by atoms with Gasteiger partial charge < -0.3 is 10.6 Å². The van der Waals surface area contributed by atoms with Crippen LogP contribution in [0.2, 0.25) is 0 Å². The molecule has 1 aromatic carbocycles. The first-order chi connectivity index (χ1) is 10.2. The van der Waals surface area contributed by atoms with Crippen molar-refractivity contribution >= 4 is 5.69 Å². The fraction of sp³-hybridized carbons (Fsp3) is 0.684. The Morgan fingerprint density at radius 2 is 1.76 bits per heavy atom. The predicted molar refractivity (Wildman–Crippen MR) is 90.9 cm³/mol. The van der Waals surface area contributed by atoms with Gasteiger partial charge >= 0.3 is 0 Å². The Kier molecular flexibility index (Phi) is 4.84. The lowest BCUT2D eigenvalue weighted by Gasteiger charge is -2.40. The fourth-order valence-corrected chi connectivity index (χ4v) is 4.11. The van der Waals surface area contributed by atoms with Gasteiger partial charge in [-0.25, -0.2) is 0 Å². The molecule has 2 N–H and O–H groups in total. The smallest absolute Gasteiger partial charge is 0.0345 e. The lowest BCUT2D eigenvalue weighted by Crippen LogP contribution is -2.48. The predicted octanol–water partition coefficient (Wildman–Crippen LogP) is 4.42. The molecule has 3 rings (SSSR count). The molecule has 2 fully saturated rings. The molecule has 116 valence electrons. The van der Waals surface area contributed by atoms with Crippen LogP contribution in [-0.2, 0) is 0 Å². The Balaban J connectivity index is 1.69. The number of anilines is 1. The second-order valence-electron chi connectivity index (χ2n) is 7.05. The molecule has 1 aromatic rings. The lowest BCUT2D eigenvalue weighted by molar-refractivity contribution is 0.217. The first-order valence-corrected chi connectivity index (χ1v) is 8.81. The maximum absolute atomic E-state index is 3.86. The van der Waals surface area contributed by atoms with Crippen LogP contribution < -0.4 is 10.6 Å². The fourth-order valence-electron chi connectivity index (χ4n) is 4.11. The van der Waals surface area contributed by atoms with E-state index < -0.39 is 0 Å². The van der Waals surface area contributed by atoms with E-state index in [1.165, 1.54) is 68.3 Å². The summed E-state index contributed by atoms with van der Waals surface area (Å²) in [4.78, 5) is 0. The van der Waals surface area contributed by atoms with E-state index in [9.17, 15) is 0 Å². The Hall–Kier alpha value is -1.02. The highest BCUT2D eigenvalue weighted by Gasteiger charge is 2.32. The molecule has 0 aromatic heterocycles. The van der Waals surface area contributed by atoms with Gasteiger partial charge in [-0.2, -0.15) is 0 Å². The minimum absolute atomic E-state index is 0.649. The summed E-state index contributed by atoms with van der Waals surface area (Å²) in [5.41, 5.74) is 4.09. The lowest BCUT2D eigenvalue weighted by atomic mass is 9.77. The molecular weight excluding hydrogens is 256 g/mol. The molecule has 21 heavy (non-hydrogen) atoms. The number of hydrogen-bond donors (Lipinski definition) is 2. The molecule has 1 heterocycles. The Morgan fingerprint density at radius 3 is 2.52 bits per heavy atom. The van der Waals surface area contributed by atoms with Crippen molar-refractivity contribution in [3.8, 4) is 0 Å². The van der Waals surface area contributed by atoms with Gasteiger partial charge in [0, 0.05) is 17.8 Å². The van der Waals surface area contributed by atoms with Crippen LogP contribution in [0.4, 0.5) is 5.69 Å². The van der Waals surface area contributed by atoms with E-state index in [0.717, 1.165) is 12.0 Å². The number of aryl methyl sites for hydroxylation is 2. The van der Waals surface area contributed by atoms with E-state index in [4.69, 9.17) is 0 Å². The number of piperidine rings is 1. The first kappa shape index (κ1) is 14.9. The zero-order chi connectivity index (χ0) is 14.7. The van der Waals surface area contributed by atoms with E-state index in [2.05, 4.69) is 42.7 Å². The molecule has 0 bridgehead atoms. The Morgan fingerprint density at radius 1 is 0.952 bits per heavy atom. The molecule has 1 aliphatic carbocycles. The molecular formula is C19H30N2. The summed E-state index contributed by atoms with van der Waals surface area (Å²) in [7, 11) is 0. The van der Waals surface area contributed by atoms with E-state index in [0.29, 0.717) is 6.04 Å². The minimum Gasteiger partial charge on any atom is -0.382 e. The van der Waals surface area contributed by atoms with E-state index in [-0.39, 0.29) is 0 Å². The molecule has 0 amide bonds. The first-order valence-electron chi connectivity index (χ1n) is 8.81. The SMILES string of the molecule is Cc1ccc(NC2CCCCC2C2CCCCN2)cc1C. The average molecular weight is 286 g/mol. The van der Waals surface area contributed by atoms with E-state index in [1.54, 1.807) is 0 Å². The van der Waals surface area contributed by atoms with Gasteiger partial charge in [-0.1, -0.05) is 25.3 Å². The van der Waals surface area contributed by atoms with Gasteiger partial charge in [0.1, 0.15) is 0 Å². The third kappa shape index (κ3) is 3.60. The summed E-state index contributed by atoms with van der Waals surface area (Å²) >= 11 is 0. The highest BCUT2D eigenvalue weighted by Crippen LogP contribution is 2.32. The van der Waals surface area contributed by atoms with Crippen LogP contribution in [0, 0.1) is 19.8 Å². The molecule has 0 spiro atoms. The molecule has 2 heteroatoms. The van der Waals surface area contributed by atoms with Crippen LogP contribution in [0.15, 0.2) is 18.2 Å². The van der Waals surface area contributed by atoms with Gasteiger partial charge in [0.05, 0.1) is 0 Å². The van der Waals surface area contributed by atoms with Gasteiger partial charge in [0.25, 0.3) is 0 Å². The van der Waals surface area contributed by atoms with Crippen LogP contribution in [0.1, 0.15) is 56.1 Å². The monoisotopic (exact) mass is 286 g/mol. The quantitative estimate of drug-likeness (QED) is 0.859. The molecule has 0 radical (unpaired) electrons. The highest BCUT2D eigenvalue weighted by molar-refractivity contribution is 5.49. The van der Waals surface area contributed by atoms with Gasteiger partial charge in [-0.15, -0.1) is 0 Å². The molecule has 1 saturated carbocycles. The summed E-state index contributed by atoms with van der Waals surface area (Å²) in [5, 5.41) is 7.64. The molecule has 1 saturated heterocycles. The largest absolute Gasteiger partial charge is 0.382 e. The zero-order valence-electron chi connectivity index (χ0n) is 13.6. The second-order valence-corrected chi connectivity index (χ2v) is 7.05.